The monoisotopic (exact) mass is 469 g/mol. The van der Waals surface area contributed by atoms with Gasteiger partial charge in [0, 0.05) is 55.2 Å². The zero-order valence-corrected chi connectivity index (χ0v) is 19.9. The molecule has 3 heterocycles. The second kappa shape index (κ2) is 10.1. The highest BCUT2D eigenvalue weighted by Crippen LogP contribution is 2.22. The molecular weight excluding hydrogens is 446 g/mol. The lowest BCUT2D eigenvalue weighted by Crippen LogP contribution is -2.22. The molecule has 2 amide bonds. The number of thiophene rings is 1. The van der Waals surface area contributed by atoms with Crippen LogP contribution in [0.3, 0.4) is 0 Å². The molecule has 34 heavy (non-hydrogen) atoms. The Bertz CT molecular complexity index is 1410. The zero-order valence-electron chi connectivity index (χ0n) is 19.0. The predicted molar refractivity (Wildman–Crippen MR) is 133 cm³/mol. The Labute approximate surface area is 201 Å². The van der Waals surface area contributed by atoms with Crippen LogP contribution in [0.15, 0.2) is 59.7 Å². The molecule has 0 saturated carbocycles. The topological polar surface area (TPSA) is 88.9 Å². The molecule has 2 N–H and O–H groups in total. The first-order chi connectivity index (χ1) is 16.4. The number of aryl methyl sites for hydroxylation is 2. The van der Waals surface area contributed by atoms with Gasteiger partial charge >= 0.3 is 0 Å². The lowest BCUT2D eigenvalue weighted by molar-refractivity contribution is -0.114. The van der Waals surface area contributed by atoms with Crippen LogP contribution in [0, 0.1) is 18.8 Å². The zero-order chi connectivity index (χ0) is 24.1. The number of anilines is 1. The maximum atomic E-state index is 12.6. The molecule has 0 fully saturated rings. The molecule has 0 spiro atoms. The molecule has 7 nitrogen and oxygen atoms in total. The van der Waals surface area contributed by atoms with E-state index in [-0.39, 0.29) is 11.8 Å². The number of carbonyl (C=O) groups is 2. The summed E-state index contributed by atoms with van der Waals surface area (Å²) in [4.78, 5) is 28.7. The Morgan fingerprint density at radius 1 is 1.09 bits per heavy atom. The molecule has 1 aromatic carbocycles. The van der Waals surface area contributed by atoms with Crippen LogP contribution >= 0.6 is 11.3 Å². The summed E-state index contributed by atoms with van der Waals surface area (Å²) in [5.74, 6) is 6.27. The van der Waals surface area contributed by atoms with Gasteiger partial charge in [-0.1, -0.05) is 17.9 Å². The van der Waals surface area contributed by atoms with Gasteiger partial charge in [-0.05, 0) is 53.1 Å². The molecular formula is C26H23N5O2S. The molecule has 0 aliphatic heterocycles. The molecule has 4 aromatic rings. The largest absolute Gasteiger partial charge is 0.348 e. The highest BCUT2D eigenvalue weighted by atomic mass is 32.1. The van der Waals surface area contributed by atoms with Crippen molar-refractivity contribution >= 4 is 29.0 Å². The summed E-state index contributed by atoms with van der Waals surface area (Å²) in [6, 6.07) is 9.30. The molecule has 4 rings (SSSR count). The van der Waals surface area contributed by atoms with Crippen LogP contribution in [0.2, 0.25) is 0 Å². The van der Waals surface area contributed by atoms with Crippen molar-refractivity contribution in [3.8, 4) is 23.0 Å². The fraction of sp³-hybridized carbons (Fsp3) is 0.154. The van der Waals surface area contributed by atoms with E-state index in [0.717, 1.165) is 27.8 Å². The van der Waals surface area contributed by atoms with E-state index in [1.54, 1.807) is 40.5 Å². The molecule has 3 aromatic heterocycles. The number of nitrogens with zero attached hydrogens (tertiary/aromatic N) is 3. The fourth-order valence-corrected chi connectivity index (χ4v) is 3.93. The van der Waals surface area contributed by atoms with Crippen molar-refractivity contribution in [1.29, 1.82) is 0 Å². The first-order valence-corrected chi connectivity index (χ1v) is 11.5. The first kappa shape index (κ1) is 23.0. The third kappa shape index (κ3) is 5.57. The van der Waals surface area contributed by atoms with Crippen molar-refractivity contribution in [1.82, 2.24) is 20.1 Å². The van der Waals surface area contributed by atoms with E-state index >= 15 is 0 Å². The summed E-state index contributed by atoms with van der Waals surface area (Å²) in [6.45, 7) is 3.84. The molecule has 8 heteroatoms. The van der Waals surface area contributed by atoms with Crippen molar-refractivity contribution in [2.45, 2.75) is 20.4 Å². The van der Waals surface area contributed by atoms with Crippen LogP contribution in [0.4, 0.5) is 5.82 Å². The molecule has 0 aliphatic carbocycles. The summed E-state index contributed by atoms with van der Waals surface area (Å²) in [6.07, 6.45) is 5.31. The van der Waals surface area contributed by atoms with E-state index in [2.05, 4.69) is 32.6 Å². The predicted octanol–water partition coefficient (Wildman–Crippen LogP) is 4.14. The van der Waals surface area contributed by atoms with Crippen LogP contribution in [-0.4, -0.2) is 26.6 Å². The van der Waals surface area contributed by atoms with Gasteiger partial charge in [-0.25, -0.2) is 4.98 Å². The lowest BCUT2D eigenvalue weighted by atomic mass is 10.0. The van der Waals surface area contributed by atoms with Gasteiger partial charge in [-0.3, -0.25) is 14.3 Å². The number of nitrogens with one attached hydrogen (secondary N) is 2. The van der Waals surface area contributed by atoms with Crippen LogP contribution < -0.4 is 10.6 Å². The van der Waals surface area contributed by atoms with Crippen LogP contribution in [0.25, 0.3) is 11.1 Å². The van der Waals surface area contributed by atoms with Gasteiger partial charge in [-0.2, -0.15) is 16.4 Å². The highest BCUT2D eigenvalue weighted by molar-refractivity contribution is 7.07. The number of hydrogen-bond donors (Lipinski definition) is 2. The van der Waals surface area contributed by atoms with E-state index in [0.29, 0.717) is 23.5 Å². The third-order valence-electron chi connectivity index (χ3n) is 5.09. The maximum absolute atomic E-state index is 12.6. The van der Waals surface area contributed by atoms with Crippen molar-refractivity contribution in [3.05, 3.63) is 87.5 Å². The van der Waals surface area contributed by atoms with Crippen molar-refractivity contribution in [3.63, 3.8) is 0 Å². The number of amides is 2. The van der Waals surface area contributed by atoms with E-state index in [4.69, 9.17) is 0 Å². The number of hydrogen-bond acceptors (Lipinski definition) is 5. The van der Waals surface area contributed by atoms with Gasteiger partial charge in [0.25, 0.3) is 5.91 Å². The molecule has 0 radical (unpaired) electrons. The molecule has 170 valence electrons. The lowest BCUT2D eigenvalue weighted by Gasteiger charge is -2.07. The molecule has 0 unspecified atom stereocenters. The van der Waals surface area contributed by atoms with Gasteiger partial charge in [0.05, 0.1) is 11.8 Å². The van der Waals surface area contributed by atoms with Crippen molar-refractivity contribution in [2.24, 2.45) is 7.05 Å². The minimum absolute atomic E-state index is 0.159. The van der Waals surface area contributed by atoms with Gasteiger partial charge in [0.2, 0.25) is 5.91 Å². The Balaban J connectivity index is 1.63. The highest BCUT2D eigenvalue weighted by Gasteiger charge is 2.10. The second-order valence-electron chi connectivity index (χ2n) is 7.80. The first-order valence-electron chi connectivity index (χ1n) is 10.6. The van der Waals surface area contributed by atoms with E-state index in [9.17, 15) is 9.59 Å². The van der Waals surface area contributed by atoms with E-state index in [1.165, 1.54) is 6.92 Å². The molecule has 0 saturated heterocycles. The summed E-state index contributed by atoms with van der Waals surface area (Å²) in [5, 5.41) is 13.9. The van der Waals surface area contributed by atoms with E-state index in [1.807, 2.05) is 49.1 Å². The Hall–Kier alpha value is -4.22. The Morgan fingerprint density at radius 3 is 2.62 bits per heavy atom. The minimum atomic E-state index is -0.231. The number of benzene rings is 1. The minimum Gasteiger partial charge on any atom is -0.348 e. The standard InChI is InChI=1S/C26H23N5O2S/c1-17-4-5-22(26(33)28-12-19-8-9-34-16-19)10-20(17)6-7-21-11-23(24-14-29-31(3)15-24)13-27-25(21)30-18(2)32/h4-5,8-11,13-16H,12H2,1-3H3,(H,28,33)(H,27,30,32). The van der Waals surface area contributed by atoms with Crippen molar-refractivity contribution in [2.75, 3.05) is 5.32 Å². The van der Waals surface area contributed by atoms with Gasteiger partial charge < -0.3 is 10.6 Å². The number of carbonyl (C=O) groups excluding carboxylic acids is 2. The third-order valence-corrected chi connectivity index (χ3v) is 5.82. The van der Waals surface area contributed by atoms with Gasteiger partial charge in [-0.15, -0.1) is 0 Å². The summed E-state index contributed by atoms with van der Waals surface area (Å²) in [5.41, 5.74) is 5.58. The average molecular weight is 470 g/mol. The number of rotatable bonds is 5. The summed E-state index contributed by atoms with van der Waals surface area (Å²) in [7, 11) is 1.84. The maximum Gasteiger partial charge on any atom is 0.251 e. The van der Waals surface area contributed by atoms with Crippen LogP contribution in [-0.2, 0) is 18.4 Å². The number of pyridine rings is 1. The molecule has 0 aliphatic rings. The summed E-state index contributed by atoms with van der Waals surface area (Å²) < 4.78 is 1.71. The normalized spacial score (nSPS) is 10.3. The SMILES string of the molecule is CC(=O)Nc1ncc(-c2cnn(C)c2)cc1C#Cc1cc(C(=O)NCc2ccsc2)ccc1C. The molecule has 0 bridgehead atoms. The smallest absolute Gasteiger partial charge is 0.251 e. The molecule has 0 atom stereocenters. The Kier molecular flexibility index (Phi) is 6.85. The number of aromatic nitrogens is 3. The average Bonchev–Trinajstić information content (AvgIpc) is 3.49. The van der Waals surface area contributed by atoms with Gasteiger partial charge in [0.1, 0.15) is 5.82 Å². The summed E-state index contributed by atoms with van der Waals surface area (Å²) >= 11 is 1.60. The second-order valence-corrected chi connectivity index (χ2v) is 8.58. The Morgan fingerprint density at radius 2 is 1.91 bits per heavy atom. The van der Waals surface area contributed by atoms with Crippen LogP contribution in [0.1, 0.15) is 39.5 Å². The quantitative estimate of drug-likeness (QED) is 0.430. The van der Waals surface area contributed by atoms with Crippen molar-refractivity contribution < 1.29 is 9.59 Å². The fourth-order valence-electron chi connectivity index (χ4n) is 3.26. The van der Waals surface area contributed by atoms with Crippen LogP contribution in [0.5, 0.6) is 0 Å². The van der Waals surface area contributed by atoms with E-state index < -0.39 is 0 Å². The van der Waals surface area contributed by atoms with Gasteiger partial charge in [0.15, 0.2) is 0 Å².